The number of carbonyl (C=O) groups is 1. The normalized spacial score (nSPS) is 43.1. The summed E-state index contributed by atoms with van der Waals surface area (Å²) in [4.78, 5) is 11.7. The summed E-state index contributed by atoms with van der Waals surface area (Å²) in [6.07, 6.45) is -22.3. The van der Waals surface area contributed by atoms with E-state index in [0.29, 0.717) is 19.4 Å². The first-order chi connectivity index (χ1) is 21.0. The Hall–Kier alpha value is -1.17. The van der Waals surface area contributed by atoms with Gasteiger partial charge in [0, 0.05) is 13.0 Å². The van der Waals surface area contributed by atoms with Crippen LogP contribution in [0.3, 0.4) is 0 Å². The number of nitrogens with one attached hydrogen (secondary N) is 1. The molecule has 0 aromatic rings. The SMILES string of the molecule is CCCCC(=O)NCCCO[C@@H]1OC(CO)[C@@H](O[C@@H]2O[C@@H](CO)[C@H](O)C(O[C@H]3OC(CO)[C@H](O)[C@H](O)C3O)C2O)[C@H](O)C1O. The fourth-order valence-electron chi connectivity index (χ4n) is 5.10. The standard InChI is InChI=1S/C26H47NO17/c1-2-3-5-14(31)27-6-4-7-39-24-20(37)18(35)22(13(10-30)42-24)43-26-21(38)23(16(33)12(9-29)41-26)44-25-19(36)17(34)15(32)11(8-28)40-25/h11-13,15-26,28-30,32-38H,2-10H2,1H3,(H,27,31)/t11?,12-,13?,15-,16-,17-,18+,19?,20?,21?,22+,23?,24+,25+,26-/m0/s1. The maximum absolute atomic E-state index is 11.7. The fourth-order valence-corrected chi connectivity index (χ4v) is 5.10. The average Bonchev–Trinajstić information content (AvgIpc) is 3.02. The van der Waals surface area contributed by atoms with Crippen LogP contribution in [0.15, 0.2) is 0 Å². The van der Waals surface area contributed by atoms with Crippen LogP contribution in [0.1, 0.15) is 32.6 Å². The first kappa shape index (κ1) is 37.3. The van der Waals surface area contributed by atoms with E-state index < -0.39 is 112 Å². The van der Waals surface area contributed by atoms with Gasteiger partial charge in [-0.25, -0.2) is 0 Å². The van der Waals surface area contributed by atoms with Gasteiger partial charge in [-0.05, 0) is 12.8 Å². The molecule has 258 valence electrons. The van der Waals surface area contributed by atoms with Gasteiger partial charge in [-0.2, -0.15) is 0 Å². The van der Waals surface area contributed by atoms with Gasteiger partial charge in [-0.15, -0.1) is 0 Å². The molecule has 15 atom stereocenters. The predicted molar refractivity (Wildman–Crippen MR) is 142 cm³/mol. The van der Waals surface area contributed by atoms with Crippen LogP contribution in [0.4, 0.5) is 0 Å². The van der Waals surface area contributed by atoms with E-state index in [0.717, 1.165) is 12.8 Å². The monoisotopic (exact) mass is 645 g/mol. The molecule has 18 nitrogen and oxygen atoms in total. The number of hydrogen-bond acceptors (Lipinski definition) is 17. The molecule has 0 aromatic carbocycles. The zero-order valence-corrected chi connectivity index (χ0v) is 24.4. The first-order valence-electron chi connectivity index (χ1n) is 14.7. The number of rotatable bonds is 15. The largest absolute Gasteiger partial charge is 0.394 e. The summed E-state index contributed by atoms with van der Waals surface area (Å²) in [5.41, 5.74) is 0. The van der Waals surface area contributed by atoms with Crippen molar-refractivity contribution in [2.24, 2.45) is 0 Å². The molecular formula is C26H47NO17. The number of hydrogen-bond donors (Lipinski definition) is 11. The molecule has 18 heteroatoms. The Kier molecular flexibility index (Phi) is 15.0. The molecule has 6 unspecified atom stereocenters. The molecule has 3 saturated heterocycles. The lowest BCUT2D eigenvalue weighted by molar-refractivity contribution is -0.380. The van der Waals surface area contributed by atoms with Crippen molar-refractivity contribution in [3.8, 4) is 0 Å². The van der Waals surface area contributed by atoms with Gasteiger partial charge < -0.3 is 84.8 Å². The topological polar surface area (TPSA) is 287 Å². The van der Waals surface area contributed by atoms with Gasteiger partial charge in [0.15, 0.2) is 18.9 Å². The highest BCUT2D eigenvalue weighted by molar-refractivity contribution is 5.75. The lowest BCUT2D eigenvalue weighted by Crippen LogP contribution is -2.66. The summed E-state index contributed by atoms with van der Waals surface area (Å²) < 4.78 is 33.0. The van der Waals surface area contributed by atoms with Crippen molar-refractivity contribution in [1.82, 2.24) is 5.32 Å². The summed E-state index contributed by atoms with van der Waals surface area (Å²) in [5, 5.41) is 105. The van der Waals surface area contributed by atoms with Crippen LogP contribution < -0.4 is 5.32 Å². The number of carbonyl (C=O) groups excluding carboxylic acids is 1. The van der Waals surface area contributed by atoms with Crippen molar-refractivity contribution in [1.29, 1.82) is 0 Å². The quantitative estimate of drug-likeness (QED) is 0.0739. The van der Waals surface area contributed by atoms with Gasteiger partial charge in [0.25, 0.3) is 0 Å². The molecule has 3 heterocycles. The van der Waals surface area contributed by atoms with Gasteiger partial charge in [-0.3, -0.25) is 4.79 Å². The summed E-state index contributed by atoms with van der Waals surface area (Å²) >= 11 is 0. The van der Waals surface area contributed by atoms with Crippen LogP contribution >= 0.6 is 0 Å². The number of unbranched alkanes of at least 4 members (excludes halogenated alkanes) is 1. The van der Waals surface area contributed by atoms with E-state index in [9.17, 15) is 55.9 Å². The highest BCUT2D eigenvalue weighted by Crippen LogP contribution is 2.32. The zero-order valence-electron chi connectivity index (χ0n) is 24.4. The Balaban J connectivity index is 1.62. The number of aliphatic hydroxyl groups is 10. The van der Waals surface area contributed by atoms with E-state index in [1.54, 1.807) is 0 Å². The fraction of sp³-hybridized carbons (Fsp3) is 0.962. The summed E-state index contributed by atoms with van der Waals surface area (Å²) in [5.74, 6) is -0.0968. The summed E-state index contributed by atoms with van der Waals surface area (Å²) in [7, 11) is 0. The molecule has 3 aliphatic rings. The third kappa shape index (κ3) is 9.00. The van der Waals surface area contributed by atoms with Gasteiger partial charge in [0.05, 0.1) is 26.4 Å². The molecule has 0 spiro atoms. The molecule has 0 saturated carbocycles. The minimum absolute atomic E-state index is 0.0314. The van der Waals surface area contributed by atoms with Crippen LogP contribution in [-0.2, 0) is 33.2 Å². The molecule has 44 heavy (non-hydrogen) atoms. The van der Waals surface area contributed by atoms with Crippen molar-refractivity contribution in [2.45, 2.75) is 125 Å². The van der Waals surface area contributed by atoms with E-state index in [2.05, 4.69) is 5.32 Å². The minimum atomic E-state index is -1.91. The molecule has 0 aromatic heterocycles. The highest BCUT2D eigenvalue weighted by atomic mass is 16.8. The Labute approximate surface area is 253 Å². The van der Waals surface area contributed by atoms with Gasteiger partial charge in [-0.1, -0.05) is 13.3 Å². The molecule has 3 aliphatic heterocycles. The number of ether oxygens (including phenoxy) is 6. The summed E-state index contributed by atoms with van der Waals surface area (Å²) in [6, 6.07) is 0. The van der Waals surface area contributed by atoms with E-state index >= 15 is 0 Å². The van der Waals surface area contributed by atoms with Crippen LogP contribution in [-0.4, -0.2) is 182 Å². The minimum Gasteiger partial charge on any atom is -0.394 e. The van der Waals surface area contributed by atoms with Crippen LogP contribution in [0.2, 0.25) is 0 Å². The lowest BCUT2D eigenvalue weighted by Gasteiger charge is -2.48. The Morgan fingerprint density at radius 3 is 1.80 bits per heavy atom. The Bertz CT molecular complexity index is 853. The molecule has 3 rings (SSSR count). The first-order valence-corrected chi connectivity index (χ1v) is 14.7. The zero-order chi connectivity index (χ0) is 32.6. The maximum atomic E-state index is 11.7. The maximum Gasteiger partial charge on any atom is 0.219 e. The molecule has 0 bridgehead atoms. The highest BCUT2D eigenvalue weighted by Gasteiger charge is 2.53. The van der Waals surface area contributed by atoms with E-state index in [1.165, 1.54) is 0 Å². The van der Waals surface area contributed by atoms with Gasteiger partial charge in [0.2, 0.25) is 5.91 Å². The van der Waals surface area contributed by atoms with Crippen molar-refractivity contribution < 1.29 is 84.3 Å². The van der Waals surface area contributed by atoms with E-state index in [4.69, 9.17) is 28.4 Å². The van der Waals surface area contributed by atoms with Gasteiger partial charge in [0.1, 0.15) is 73.2 Å². The predicted octanol–water partition coefficient (Wildman–Crippen LogP) is -5.85. The Morgan fingerprint density at radius 2 is 1.18 bits per heavy atom. The van der Waals surface area contributed by atoms with Crippen LogP contribution in [0, 0.1) is 0 Å². The van der Waals surface area contributed by atoms with Crippen LogP contribution in [0.5, 0.6) is 0 Å². The third-order valence-electron chi connectivity index (χ3n) is 7.76. The number of amides is 1. The van der Waals surface area contributed by atoms with Crippen molar-refractivity contribution in [3.63, 3.8) is 0 Å². The average molecular weight is 646 g/mol. The third-order valence-corrected chi connectivity index (χ3v) is 7.76. The molecule has 0 aliphatic carbocycles. The van der Waals surface area contributed by atoms with E-state index in [-0.39, 0.29) is 12.5 Å². The Morgan fingerprint density at radius 1 is 0.636 bits per heavy atom. The van der Waals surface area contributed by atoms with Crippen molar-refractivity contribution >= 4 is 5.91 Å². The lowest BCUT2D eigenvalue weighted by atomic mass is 9.96. The molecular weight excluding hydrogens is 598 g/mol. The molecule has 0 radical (unpaired) electrons. The van der Waals surface area contributed by atoms with Crippen molar-refractivity contribution in [3.05, 3.63) is 0 Å². The van der Waals surface area contributed by atoms with E-state index in [1.807, 2.05) is 6.92 Å². The van der Waals surface area contributed by atoms with Crippen LogP contribution in [0.25, 0.3) is 0 Å². The molecule has 1 amide bonds. The summed E-state index contributed by atoms with van der Waals surface area (Å²) in [6.45, 7) is 0.00179. The second kappa shape index (κ2) is 17.7. The van der Waals surface area contributed by atoms with Gasteiger partial charge >= 0.3 is 0 Å². The molecule has 3 fully saturated rings. The van der Waals surface area contributed by atoms with Crippen molar-refractivity contribution in [2.75, 3.05) is 33.0 Å². The number of aliphatic hydroxyl groups excluding tert-OH is 10. The molecule has 11 N–H and O–H groups in total. The smallest absolute Gasteiger partial charge is 0.219 e. The second-order valence-corrected chi connectivity index (χ2v) is 11.0. The second-order valence-electron chi connectivity index (χ2n) is 11.0.